The van der Waals surface area contributed by atoms with Crippen molar-refractivity contribution >= 4 is 5.91 Å². The highest BCUT2D eigenvalue weighted by Crippen LogP contribution is 1.99. The second-order valence-corrected chi connectivity index (χ2v) is 4.49. The van der Waals surface area contributed by atoms with Crippen molar-refractivity contribution in [3.8, 4) is 0 Å². The van der Waals surface area contributed by atoms with Crippen molar-refractivity contribution in [3.05, 3.63) is 0 Å². The van der Waals surface area contributed by atoms with Crippen molar-refractivity contribution in [2.45, 2.75) is 46.6 Å². The first kappa shape index (κ1) is 13.4. The van der Waals surface area contributed by atoms with Crippen molar-refractivity contribution in [1.29, 1.82) is 0 Å². The molecule has 0 aromatic rings. The second kappa shape index (κ2) is 6.02. The molecule has 0 heterocycles. The lowest BCUT2D eigenvalue weighted by Crippen LogP contribution is -2.39. The quantitative estimate of drug-likeness (QED) is 0.731. The molecular formula is C11H24N2O. The van der Waals surface area contributed by atoms with E-state index in [2.05, 4.69) is 26.1 Å². The molecule has 0 rings (SSSR count). The molecule has 0 aliphatic rings. The Morgan fingerprint density at radius 2 is 1.71 bits per heavy atom. The number of carbonyl (C=O) groups is 1. The molecule has 84 valence electrons. The van der Waals surface area contributed by atoms with Gasteiger partial charge in [0.2, 0.25) is 5.91 Å². The van der Waals surface area contributed by atoms with Crippen LogP contribution in [0.15, 0.2) is 0 Å². The van der Waals surface area contributed by atoms with E-state index in [9.17, 15) is 4.79 Å². The standard InChI is InChI=1S/C11H24N2O/c1-6-13(7-2)10(14)8-9-12-11(3,4)5/h12H,6-9H2,1-5H3. The Morgan fingerprint density at radius 1 is 1.21 bits per heavy atom. The van der Waals surface area contributed by atoms with Crippen molar-refractivity contribution in [2.24, 2.45) is 0 Å². The summed E-state index contributed by atoms with van der Waals surface area (Å²) >= 11 is 0. The monoisotopic (exact) mass is 200 g/mol. The van der Waals surface area contributed by atoms with Crippen LogP contribution in [0.3, 0.4) is 0 Å². The van der Waals surface area contributed by atoms with Gasteiger partial charge in [0.1, 0.15) is 0 Å². The van der Waals surface area contributed by atoms with E-state index in [4.69, 9.17) is 0 Å². The first-order valence-corrected chi connectivity index (χ1v) is 5.43. The van der Waals surface area contributed by atoms with Gasteiger partial charge >= 0.3 is 0 Å². The van der Waals surface area contributed by atoms with Gasteiger partial charge in [-0.2, -0.15) is 0 Å². The summed E-state index contributed by atoms with van der Waals surface area (Å²) in [6.45, 7) is 12.7. The van der Waals surface area contributed by atoms with Crippen LogP contribution in [-0.4, -0.2) is 36.0 Å². The van der Waals surface area contributed by atoms with Crippen molar-refractivity contribution < 1.29 is 4.79 Å². The molecule has 0 aliphatic carbocycles. The van der Waals surface area contributed by atoms with E-state index >= 15 is 0 Å². The molecule has 0 fully saturated rings. The van der Waals surface area contributed by atoms with Gasteiger partial charge in [-0.3, -0.25) is 4.79 Å². The molecule has 0 aromatic carbocycles. The predicted octanol–water partition coefficient (Wildman–Crippen LogP) is 1.63. The molecule has 0 unspecified atom stereocenters. The van der Waals surface area contributed by atoms with E-state index in [1.807, 2.05) is 18.7 Å². The third-order valence-corrected chi connectivity index (χ3v) is 2.11. The highest BCUT2D eigenvalue weighted by molar-refractivity contribution is 5.76. The molecule has 3 heteroatoms. The Balaban J connectivity index is 3.74. The Kier molecular flexibility index (Phi) is 5.77. The number of nitrogens with zero attached hydrogens (tertiary/aromatic N) is 1. The SMILES string of the molecule is CCN(CC)C(=O)CCNC(C)(C)C. The third-order valence-electron chi connectivity index (χ3n) is 2.11. The Labute approximate surface area is 87.9 Å². The average molecular weight is 200 g/mol. The van der Waals surface area contributed by atoms with Crippen LogP contribution in [0.2, 0.25) is 0 Å². The summed E-state index contributed by atoms with van der Waals surface area (Å²) in [6, 6.07) is 0. The molecule has 1 amide bonds. The van der Waals surface area contributed by atoms with Crippen LogP contribution in [0.5, 0.6) is 0 Å². The maximum Gasteiger partial charge on any atom is 0.223 e. The van der Waals surface area contributed by atoms with Gasteiger partial charge in [-0.15, -0.1) is 0 Å². The minimum atomic E-state index is 0.101. The van der Waals surface area contributed by atoms with Crippen molar-refractivity contribution in [1.82, 2.24) is 10.2 Å². The predicted molar refractivity (Wildman–Crippen MR) is 60.3 cm³/mol. The maximum atomic E-state index is 11.6. The van der Waals surface area contributed by atoms with Gasteiger partial charge in [-0.25, -0.2) is 0 Å². The highest BCUT2D eigenvalue weighted by atomic mass is 16.2. The van der Waals surface area contributed by atoms with Crippen molar-refractivity contribution in [2.75, 3.05) is 19.6 Å². The first-order valence-electron chi connectivity index (χ1n) is 5.43. The van der Waals surface area contributed by atoms with Gasteiger partial charge in [0.15, 0.2) is 0 Å². The largest absolute Gasteiger partial charge is 0.343 e. The Hall–Kier alpha value is -0.570. The molecule has 14 heavy (non-hydrogen) atoms. The lowest BCUT2D eigenvalue weighted by molar-refractivity contribution is -0.130. The van der Waals surface area contributed by atoms with Gasteiger partial charge in [-0.1, -0.05) is 0 Å². The fourth-order valence-corrected chi connectivity index (χ4v) is 1.28. The minimum absolute atomic E-state index is 0.101. The lowest BCUT2D eigenvalue weighted by Gasteiger charge is -2.22. The van der Waals surface area contributed by atoms with Gasteiger partial charge in [-0.05, 0) is 34.6 Å². The summed E-state index contributed by atoms with van der Waals surface area (Å²) in [4.78, 5) is 13.4. The average Bonchev–Trinajstić information content (AvgIpc) is 2.04. The maximum absolute atomic E-state index is 11.6. The molecule has 0 spiro atoms. The molecular weight excluding hydrogens is 176 g/mol. The molecule has 1 N–H and O–H groups in total. The van der Waals surface area contributed by atoms with Crippen molar-refractivity contribution in [3.63, 3.8) is 0 Å². The van der Waals surface area contributed by atoms with E-state index in [0.717, 1.165) is 19.6 Å². The van der Waals surface area contributed by atoms with Gasteiger partial charge in [0.25, 0.3) is 0 Å². The fraction of sp³-hybridized carbons (Fsp3) is 0.909. The number of rotatable bonds is 5. The van der Waals surface area contributed by atoms with Crippen LogP contribution in [0.1, 0.15) is 41.0 Å². The van der Waals surface area contributed by atoms with Crippen LogP contribution >= 0.6 is 0 Å². The molecule has 0 aliphatic heterocycles. The molecule has 3 nitrogen and oxygen atoms in total. The van der Waals surface area contributed by atoms with Crippen LogP contribution in [-0.2, 0) is 4.79 Å². The summed E-state index contributed by atoms with van der Waals surface area (Å²) in [5, 5.41) is 3.31. The number of hydrogen-bond donors (Lipinski definition) is 1. The lowest BCUT2D eigenvalue weighted by atomic mass is 10.1. The molecule has 0 saturated carbocycles. The number of nitrogens with one attached hydrogen (secondary N) is 1. The molecule has 0 radical (unpaired) electrons. The summed E-state index contributed by atoms with van der Waals surface area (Å²) in [5.41, 5.74) is 0.101. The Bertz CT molecular complexity index is 169. The van der Waals surface area contributed by atoms with E-state index in [1.165, 1.54) is 0 Å². The minimum Gasteiger partial charge on any atom is -0.343 e. The van der Waals surface area contributed by atoms with E-state index in [1.54, 1.807) is 0 Å². The first-order chi connectivity index (χ1) is 6.40. The van der Waals surface area contributed by atoms with E-state index in [0.29, 0.717) is 6.42 Å². The summed E-state index contributed by atoms with van der Waals surface area (Å²) in [6.07, 6.45) is 0.596. The van der Waals surface area contributed by atoms with Gasteiger partial charge in [0.05, 0.1) is 0 Å². The van der Waals surface area contributed by atoms with E-state index < -0.39 is 0 Å². The fourth-order valence-electron chi connectivity index (χ4n) is 1.28. The normalized spacial score (nSPS) is 11.5. The smallest absolute Gasteiger partial charge is 0.223 e. The van der Waals surface area contributed by atoms with Crippen LogP contribution in [0.4, 0.5) is 0 Å². The van der Waals surface area contributed by atoms with E-state index in [-0.39, 0.29) is 11.4 Å². The summed E-state index contributed by atoms with van der Waals surface area (Å²) in [5.74, 6) is 0.242. The third kappa shape index (κ3) is 5.97. The molecule has 0 saturated heterocycles. The topological polar surface area (TPSA) is 32.3 Å². The Morgan fingerprint density at radius 3 is 2.07 bits per heavy atom. The van der Waals surface area contributed by atoms with Crippen LogP contribution in [0, 0.1) is 0 Å². The number of amides is 1. The molecule has 0 atom stereocenters. The zero-order chi connectivity index (χ0) is 11.2. The molecule has 0 bridgehead atoms. The molecule has 0 aromatic heterocycles. The number of hydrogen-bond acceptors (Lipinski definition) is 2. The second-order valence-electron chi connectivity index (χ2n) is 4.49. The van der Waals surface area contributed by atoms with Crippen LogP contribution in [0.25, 0.3) is 0 Å². The summed E-state index contributed by atoms with van der Waals surface area (Å²) < 4.78 is 0. The summed E-state index contributed by atoms with van der Waals surface area (Å²) in [7, 11) is 0. The van der Waals surface area contributed by atoms with Gasteiger partial charge < -0.3 is 10.2 Å². The van der Waals surface area contributed by atoms with Gasteiger partial charge in [0, 0.05) is 31.6 Å². The van der Waals surface area contributed by atoms with Crippen LogP contribution < -0.4 is 5.32 Å². The highest BCUT2D eigenvalue weighted by Gasteiger charge is 2.12. The number of carbonyl (C=O) groups excluding carboxylic acids is 1. The zero-order valence-electron chi connectivity index (χ0n) is 10.2. The zero-order valence-corrected chi connectivity index (χ0v) is 10.2.